The Hall–Kier alpha value is -1.59. The molecule has 1 amide bonds. The first kappa shape index (κ1) is 16.3. The van der Waals surface area contributed by atoms with Crippen LogP contribution in [0.4, 0.5) is 0 Å². The predicted octanol–water partition coefficient (Wildman–Crippen LogP) is 1.67. The lowest BCUT2D eigenvalue weighted by Crippen LogP contribution is -2.37. The molecule has 2 aliphatic rings. The van der Waals surface area contributed by atoms with Crippen molar-refractivity contribution in [1.82, 2.24) is 10.2 Å². The van der Waals surface area contributed by atoms with Crippen LogP contribution >= 0.6 is 0 Å². The number of methoxy groups -OCH3 is 2. The smallest absolute Gasteiger partial charge is 0.225 e. The highest BCUT2D eigenvalue weighted by atomic mass is 16.5. The number of carbonyl (C=O) groups excluding carboxylic acids is 1. The number of nitrogens with zero attached hydrogens (tertiary/aromatic N) is 1. The number of rotatable bonds is 7. The molecule has 5 heteroatoms. The first-order chi connectivity index (χ1) is 11.2. The maximum absolute atomic E-state index is 12.5. The molecule has 2 atom stereocenters. The zero-order valence-corrected chi connectivity index (χ0v) is 14.0. The minimum absolute atomic E-state index is 0.0288. The summed E-state index contributed by atoms with van der Waals surface area (Å²) in [7, 11) is 3.39. The molecule has 1 aliphatic carbocycles. The third-order valence-corrected chi connectivity index (χ3v) is 4.70. The van der Waals surface area contributed by atoms with E-state index in [1.54, 1.807) is 14.2 Å². The van der Waals surface area contributed by atoms with Crippen LogP contribution in [0.25, 0.3) is 0 Å². The summed E-state index contributed by atoms with van der Waals surface area (Å²) >= 11 is 0. The Labute approximate surface area is 137 Å². The van der Waals surface area contributed by atoms with Gasteiger partial charge in [-0.05, 0) is 30.5 Å². The van der Waals surface area contributed by atoms with Crippen LogP contribution in [0, 0.1) is 11.8 Å². The van der Waals surface area contributed by atoms with E-state index in [-0.39, 0.29) is 17.7 Å². The molecule has 1 aromatic rings. The Morgan fingerprint density at radius 2 is 2.13 bits per heavy atom. The molecule has 23 heavy (non-hydrogen) atoms. The van der Waals surface area contributed by atoms with Crippen LogP contribution < -0.4 is 10.1 Å². The summed E-state index contributed by atoms with van der Waals surface area (Å²) in [6.07, 6.45) is 2.25. The molecule has 0 radical (unpaired) electrons. The number of amides is 1. The summed E-state index contributed by atoms with van der Waals surface area (Å²) in [5.41, 5.74) is 1.21. The van der Waals surface area contributed by atoms with E-state index in [4.69, 9.17) is 9.47 Å². The molecule has 0 aromatic heterocycles. The fourth-order valence-electron chi connectivity index (χ4n) is 3.33. The molecule has 1 aromatic carbocycles. The second-order valence-corrected chi connectivity index (χ2v) is 6.65. The highest BCUT2D eigenvalue weighted by molar-refractivity contribution is 5.80. The van der Waals surface area contributed by atoms with Crippen molar-refractivity contribution in [2.75, 3.05) is 33.9 Å². The Kier molecular flexibility index (Phi) is 5.18. The van der Waals surface area contributed by atoms with Crippen molar-refractivity contribution in [1.29, 1.82) is 0 Å². The molecule has 0 spiro atoms. The van der Waals surface area contributed by atoms with Gasteiger partial charge in [0.15, 0.2) is 0 Å². The molecular formula is C18H26N2O3. The van der Waals surface area contributed by atoms with Crippen LogP contribution in [-0.2, 0) is 16.1 Å². The van der Waals surface area contributed by atoms with Gasteiger partial charge in [0.25, 0.3) is 0 Å². The second kappa shape index (κ2) is 7.32. The first-order valence-corrected chi connectivity index (χ1v) is 8.34. The lowest BCUT2D eigenvalue weighted by molar-refractivity contribution is -0.126. The number of likely N-dealkylation sites (tertiary alicyclic amines) is 1. The summed E-state index contributed by atoms with van der Waals surface area (Å²) in [6, 6.07) is 8.54. The van der Waals surface area contributed by atoms with E-state index in [0.717, 1.165) is 38.2 Å². The van der Waals surface area contributed by atoms with Crippen LogP contribution in [0.5, 0.6) is 5.75 Å². The molecule has 2 fully saturated rings. The van der Waals surface area contributed by atoms with Gasteiger partial charge in [0.05, 0.1) is 19.6 Å². The van der Waals surface area contributed by atoms with Gasteiger partial charge in [-0.2, -0.15) is 0 Å². The second-order valence-electron chi connectivity index (χ2n) is 6.65. The van der Waals surface area contributed by atoms with Crippen LogP contribution in [0.15, 0.2) is 24.3 Å². The maximum Gasteiger partial charge on any atom is 0.225 e. The van der Waals surface area contributed by atoms with E-state index < -0.39 is 0 Å². The summed E-state index contributed by atoms with van der Waals surface area (Å²) in [4.78, 5) is 14.8. The minimum atomic E-state index is 0.0288. The number of hydrogen-bond donors (Lipinski definition) is 1. The molecule has 1 heterocycles. The van der Waals surface area contributed by atoms with Crippen LogP contribution in [0.1, 0.15) is 18.4 Å². The number of hydrogen-bond acceptors (Lipinski definition) is 4. The Morgan fingerprint density at radius 3 is 2.83 bits per heavy atom. The lowest BCUT2D eigenvalue weighted by atomic mass is 9.96. The molecule has 1 N–H and O–H groups in total. The first-order valence-electron chi connectivity index (χ1n) is 8.34. The van der Waals surface area contributed by atoms with Gasteiger partial charge in [-0.1, -0.05) is 12.1 Å². The molecule has 0 unspecified atom stereocenters. The molecule has 3 rings (SSSR count). The fraction of sp³-hybridized carbons (Fsp3) is 0.611. The SMILES string of the molecule is COC[C@@H]1CN(Cc2cccc(OC)c2)C[C@H]1C(=O)NC1CC1. The largest absolute Gasteiger partial charge is 0.497 e. The van der Waals surface area contributed by atoms with Crippen LogP contribution in [0.3, 0.4) is 0 Å². The Balaban J connectivity index is 1.62. The summed E-state index contributed by atoms with van der Waals surface area (Å²) in [5.74, 6) is 1.37. The summed E-state index contributed by atoms with van der Waals surface area (Å²) < 4.78 is 10.6. The number of carbonyl (C=O) groups is 1. The highest BCUT2D eigenvalue weighted by Crippen LogP contribution is 2.28. The van der Waals surface area contributed by atoms with Gasteiger partial charge in [0, 0.05) is 38.7 Å². The van der Waals surface area contributed by atoms with Gasteiger partial charge in [-0.25, -0.2) is 0 Å². The number of benzene rings is 1. The van der Waals surface area contributed by atoms with Gasteiger partial charge in [0.2, 0.25) is 5.91 Å². The fourth-order valence-corrected chi connectivity index (χ4v) is 3.33. The quantitative estimate of drug-likeness (QED) is 0.831. The van der Waals surface area contributed by atoms with Gasteiger partial charge in [-0.3, -0.25) is 9.69 Å². The van der Waals surface area contributed by atoms with Crippen LogP contribution in [0.2, 0.25) is 0 Å². The van der Waals surface area contributed by atoms with E-state index >= 15 is 0 Å². The number of nitrogens with one attached hydrogen (secondary N) is 1. The predicted molar refractivity (Wildman–Crippen MR) is 88.3 cm³/mol. The molecule has 126 valence electrons. The molecular weight excluding hydrogens is 292 g/mol. The maximum atomic E-state index is 12.5. The third-order valence-electron chi connectivity index (χ3n) is 4.70. The van der Waals surface area contributed by atoms with Crippen molar-refractivity contribution in [2.45, 2.75) is 25.4 Å². The van der Waals surface area contributed by atoms with Crippen molar-refractivity contribution in [3.05, 3.63) is 29.8 Å². The van der Waals surface area contributed by atoms with E-state index in [0.29, 0.717) is 12.6 Å². The van der Waals surface area contributed by atoms with E-state index in [1.807, 2.05) is 12.1 Å². The van der Waals surface area contributed by atoms with Crippen molar-refractivity contribution in [3.63, 3.8) is 0 Å². The van der Waals surface area contributed by atoms with Crippen molar-refractivity contribution in [2.24, 2.45) is 11.8 Å². The molecule has 1 saturated carbocycles. The third kappa shape index (κ3) is 4.24. The normalized spacial score (nSPS) is 24.6. The van der Waals surface area contributed by atoms with Crippen molar-refractivity contribution >= 4 is 5.91 Å². The monoisotopic (exact) mass is 318 g/mol. The molecule has 1 saturated heterocycles. The van der Waals surface area contributed by atoms with E-state index in [1.165, 1.54) is 5.56 Å². The zero-order valence-electron chi connectivity index (χ0n) is 14.0. The van der Waals surface area contributed by atoms with Gasteiger partial charge < -0.3 is 14.8 Å². The Bertz CT molecular complexity index is 545. The molecule has 0 bridgehead atoms. The molecule has 5 nitrogen and oxygen atoms in total. The van der Waals surface area contributed by atoms with E-state index in [2.05, 4.69) is 22.3 Å². The highest BCUT2D eigenvalue weighted by Gasteiger charge is 2.39. The van der Waals surface area contributed by atoms with Gasteiger partial charge in [0.1, 0.15) is 5.75 Å². The lowest BCUT2D eigenvalue weighted by Gasteiger charge is -2.16. The standard InChI is InChI=1S/C18H26N2O3/c1-22-12-14-10-20(9-13-4-3-5-16(8-13)23-2)11-17(14)18(21)19-15-6-7-15/h3-5,8,14-15,17H,6-7,9-12H2,1-2H3,(H,19,21)/t14-,17+/m0/s1. The minimum Gasteiger partial charge on any atom is -0.497 e. The Morgan fingerprint density at radius 1 is 1.30 bits per heavy atom. The average molecular weight is 318 g/mol. The zero-order chi connectivity index (χ0) is 16.2. The number of ether oxygens (including phenoxy) is 2. The molecule has 1 aliphatic heterocycles. The van der Waals surface area contributed by atoms with Crippen molar-refractivity contribution in [3.8, 4) is 5.75 Å². The van der Waals surface area contributed by atoms with Crippen molar-refractivity contribution < 1.29 is 14.3 Å². The van der Waals surface area contributed by atoms with E-state index in [9.17, 15) is 4.79 Å². The van der Waals surface area contributed by atoms with Gasteiger partial charge >= 0.3 is 0 Å². The average Bonchev–Trinajstić information content (AvgIpc) is 3.27. The van der Waals surface area contributed by atoms with Crippen LogP contribution in [-0.4, -0.2) is 50.8 Å². The van der Waals surface area contributed by atoms with Gasteiger partial charge in [-0.15, -0.1) is 0 Å². The topological polar surface area (TPSA) is 50.8 Å². The summed E-state index contributed by atoms with van der Waals surface area (Å²) in [5, 5.41) is 3.15. The summed E-state index contributed by atoms with van der Waals surface area (Å²) in [6.45, 7) is 3.17.